The number of carboxylic acid groups (broad SMARTS) is 1. The molecule has 1 fully saturated rings. The van der Waals surface area contributed by atoms with Crippen molar-refractivity contribution in [2.75, 3.05) is 13.1 Å². The smallest absolute Gasteiger partial charge is 0.475 e. The lowest BCUT2D eigenvalue weighted by atomic mass is 9.98. The summed E-state index contributed by atoms with van der Waals surface area (Å²) in [5, 5.41) is 10.3. The maximum atomic E-state index is 11.6. The Balaban J connectivity index is 0.000000441. The molecule has 0 aromatic rings. The Kier molecular flexibility index (Phi) is 6.98. The van der Waals surface area contributed by atoms with Gasteiger partial charge in [0.1, 0.15) is 5.60 Å². The van der Waals surface area contributed by atoms with Crippen LogP contribution in [0.25, 0.3) is 0 Å². The molecule has 0 aliphatic carbocycles. The first-order chi connectivity index (χ1) is 8.93. The van der Waals surface area contributed by atoms with Crippen LogP contribution >= 0.6 is 0 Å². The minimum absolute atomic E-state index is 0.0333. The van der Waals surface area contributed by atoms with E-state index < -0.39 is 12.1 Å². The van der Waals surface area contributed by atoms with Crippen molar-refractivity contribution in [2.24, 2.45) is 5.92 Å². The van der Waals surface area contributed by atoms with Crippen molar-refractivity contribution >= 4 is 11.9 Å². The summed E-state index contributed by atoms with van der Waals surface area (Å²) >= 11 is 0. The highest BCUT2D eigenvalue weighted by molar-refractivity contribution is 5.73. The number of ether oxygens (including phenoxy) is 1. The molecule has 0 amide bonds. The van der Waals surface area contributed by atoms with Gasteiger partial charge in [0, 0.05) is 0 Å². The molecular formula is C12H20F3NO4. The number of piperidine rings is 1. The molecule has 2 N–H and O–H groups in total. The molecule has 1 aliphatic heterocycles. The van der Waals surface area contributed by atoms with Crippen LogP contribution in [0.1, 0.15) is 33.6 Å². The van der Waals surface area contributed by atoms with Gasteiger partial charge < -0.3 is 15.2 Å². The van der Waals surface area contributed by atoms with Gasteiger partial charge in [0.15, 0.2) is 0 Å². The van der Waals surface area contributed by atoms with Crippen molar-refractivity contribution in [3.05, 3.63) is 0 Å². The molecule has 1 aliphatic rings. The van der Waals surface area contributed by atoms with Crippen molar-refractivity contribution in [3.8, 4) is 0 Å². The number of carbonyl (C=O) groups excluding carboxylic acids is 1. The summed E-state index contributed by atoms with van der Waals surface area (Å²) in [7, 11) is 0. The molecular weight excluding hydrogens is 279 g/mol. The first-order valence-electron chi connectivity index (χ1n) is 6.17. The normalized spacial score (nSPS) is 16.9. The van der Waals surface area contributed by atoms with Crippen molar-refractivity contribution in [3.63, 3.8) is 0 Å². The third-order valence-corrected chi connectivity index (χ3v) is 2.32. The van der Waals surface area contributed by atoms with Crippen LogP contribution in [-0.2, 0) is 14.3 Å². The van der Waals surface area contributed by atoms with E-state index >= 15 is 0 Å². The largest absolute Gasteiger partial charge is 0.490 e. The highest BCUT2D eigenvalue weighted by atomic mass is 19.4. The van der Waals surface area contributed by atoms with Gasteiger partial charge in [0.05, 0.1) is 5.92 Å². The standard InChI is InChI=1S/C10H19NO2.C2HF3O2/c1-10(2,3)13-9(12)8-4-6-11-7-5-8;3-2(4,5)1(6)7/h8,11H,4-7H2,1-3H3;(H,6,7). The Labute approximate surface area is 115 Å². The third kappa shape index (κ3) is 8.73. The summed E-state index contributed by atoms with van der Waals surface area (Å²) in [4.78, 5) is 20.5. The molecule has 0 aromatic heterocycles. The Bertz CT molecular complexity index is 331. The number of alkyl halides is 3. The Hall–Kier alpha value is -1.31. The molecule has 1 heterocycles. The van der Waals surface area contributed by atoms with Crippen molar-refractivity contribution in [2.45, 2.75) is 45.4 Å². The van der Waals surface area contributed by atoms with Crippen LogP contribution in [0.4, 0.5) is 13.2 Å². The number of nitrogens with one attached hydrogen (secondary N) is 1. The van der Waals surface area contributed by atoms with Crippen LogP contribution < -0.4 is 5.32 Å². The number of carbonyl (C=O) groups is 2. The van der Waals surface area contributed by atoms with E-state index in [9.17, 15) is 18.0 Å². The van der Waals surface area contributed by atoms with E-state index in [2.05, 4.69) is 5.32 Å². The second-order valence-electron chi connectivity index (χ2n) is 5.36. The van der Waals surface area contributed by atoms with Gasteiger partial charge >= 0.3 is 18.1 Å². The lowest BCUT2D eigenvalue weighted by molar-refractivity contribution is -0.192. The summed E-state index contributed by atoms with van der Waals surface area (Å²) < 4.78 is 37.0. The van der Waals surface area contributed by atoms with E-state index in [1.165, 1.54) is 0 Å². The average molecular weight is 299 g/mol. The Morgan fingerprint density at radius 2 is 1.55 bits per heavy atom. The fourth-order valence-electron chi connectivity index (χ4n) is 1.44. The molecule has 0 saturated carbocycles. The van der Waals surface area contributed by atoms with E-state index in [0.717, 1.165) is 25.9 Å². The Morgan fingerprint density at radius 1 is 1.15 bits per heavy atom. The molecule has 20 heavy (non-hydrogen) atoms. The zero-order chi connectivity index (χ0) is 16.0. The predicted octanol–water partition coefficient (Wildman–Crippen LogP) is 1.96. The lowest BCUT2D eigenvalue weighted by Gasteiger charge is -2.26. The van der Waals surface area contributed by atoms with Crippen molar-refractivity contribution in [1.82, 2.24) is 5.32 Å². The van der Waals surface area contributed by atoms with Crippen LogP contribution in [0.3, 0.4) is 0 Å². The molecule has 118 valence electrons. The van der Waals surface area contributed by atoms with Gasteiger partial charge in [-0.3, -0.25) is 4.79 Å². The van der Waals surface area contributed by atoms with Crippen LogP contribution in [0, 0.1) is 5.92 Å². The molecule has 0 aromatic carbocycles. The highest BCUT2D eigenvalue weighted by Crippen LogP contribution is 2.17. The van der Waals surface area contributed by atoms with E-state index in [-0.39, 0.29) is 17.5 Å². The van der Waals surface area contributed by atoms with Crippen LogP contribution in [0.2, 0.25) is 0 Å². The minimum Gasteiger partial charge on any atom is -0.475 e. The molecule has 1 rings (SSSR count). The number of rotatable bonds is 1. The van der Waals surface area contributed by atoms with Gasteiger partial charge in [-0.2, -0.15) is 13.2 Å². The number of aliphatic carboxylic acids is 1. The zero-order valence-corrected chi connectivity index (χ0v) is 11.7. The van der Waals surface area contributed by atoms with Gasteiger partial charge in [-0.1, -0.05) is 0 Å². The SMILES string of the molecule is CC(C)(C)OC(=O)C1CCNCC1.O=C(O)C(F)(F)F. The average Bonchev–Trinajstić information content (AvgIpc) is 2.27. The zero-order valence-electron chi connectivity index (χ0n) is 11.7. The van der Waals surface area contributed by atoms with Gasteiger partial charge in [-0.15, -0.1) is 0 Å². The van der Waals surface area contributed by atoms with Crippen LogP contribution in [0.5, 0.6) is 0 Å². The first-order valence-corrected chi connectivity index (χ1v) is 6.17. The number of hydrogen-bond acceptors (Lipinski definition) is 4. The molecule has 0 radical (unpaired) electrons. The van der Waals surface area contributed by atoms with E-state index in [1.54, 1.807) is 0 Å². The van der Waals surface area contributed by atoms with Crippen molar-refractivity contribution < 1.29 is 32.6 Å². The van der Waals surface area contributed by atoms with E-state index in [0.29, 0.717) is 0 Å². The highest BCUT2D eigenvalue weighted by Gasteiger charge is 2.38. The number of halogens is 3. The number of esters is 1. The van der Waals surface area contributed by atoms with Gasteiger partial charge in [0.25, 0.3) is 0 Å². The quantitative estimate of drug-likeness (QED) is 0.724. The summed E-state index contributed by atoms with van der Waals surface area (Å²) in [6, 6.07) is 0. The number of carboxylic acids is 1. The van der Waals surface area contributed by atoms with E-state index in [4.69, 9.17) is 14.6 Å². The summed E-state index contributed by atoms with van der Waals surface area (Å²) in [6.45, 7) is 7.59. The maximum Gasteiger partial charge on any atom is 0.490 e. The topological polar surface area (TPSA) is 75.6 Å². The molecule has 0 bridgehead atoms. The second-order valence-corrected chi connectivity index (χ2v) is 5.36. The van der Waals surface area contributed by atoms with Gasteiger partial charge in [-0.25, -0.2) is 4.79 Å². The molecule has 1 saturated heterocycles. The van der Waals surface area contributed by atoms with Crippen LogP contribution in [-0.4, -0.2) is 41.9 Å². The van der Waals surface area contributed by atoms with Crippen molar-refractivity contribution in [1.29, 1.82) is 0 Å². The minimum atomic E-state index is -5.08. The molecule has 5 nitrogen and oxygen atoms in total. The number of hydrogen-bond donors (Lipinski definition) is 2. The summed E-state index contributed by atoms with van der Waals surface area (Å²) in [5.74, 6) is -2.68. The van der Waals surface area contributed by atoms with Gasteiger partial charge in [-0.05, 0) is 46.7 Å². The van der Waals surface area contributed by atoms with E-state index in [1.807, 2.05) is 20.8 Å². The fraction of sp³-hybridized carbons (Fsp3) is 0.833. The second kappa shape index (κ2) is 7.47. The monoisotopic (exact) mass is 299 g/mol. The predicted molar refractivity (Wildman–Crippen MR) is 65.1 cm³/mol. The fourth-order valence-corrected chi connectivity index (χ4v) is 1.44. The molecule has 0 unspecified atom stereocenters. The van der Waals surface area contributed by atoms with Gasteiger partial charge in [0.2, 0.25) is 0 Å². The first kappa shape index (κ1) is 18.7. The summed E-state index contributed by atoms with van der Waals surface area (Å²) in [5.41, 5.74) is -0.345. The third-order valence-electron chi connectivity index (χ3n) is 2.32. The Morgan fingerprint density at radius 3 is 1.85 bits per heavy atom. The molecule has 8 heteroatoms. The lowest BCUT2D eigenvalue weighted by Crippen LogP contribution is -2.35. The van der Waals surface area contributed by atoms with Crippen LogP contribution in [0.15, 0.2) is 0 Å². The summed E-state index contributed by atoms with van der Waals surface area (Å²) in [6.07, 6.45) is -3.26. The maximum absolute atomic E-state index is 11.6. The molecule has 0 spiro atoms. The molecule has 0 atom stereocenters.